The van der Waals surface area contributed by atoms with Crippen molar-refractivity contribution in [3.63, 3.8) is 0 Å². The molecule has 0 aliphatic rings. The van der Waals surface area contributed by atoms with Crippen molar-refractivity contribution in [2.45, 2.75) is 27.2 Å². The summed E-state index contributed by atoms with van der Waals surface area (Å²) in [6.45, 7) is 5.56. The van der Waals surface area contributed by atoms with E-state index in [0.717, 1.165) is 0 Å². The van der Waals surface area contributed by atoms with Crippen molar-refractivity contribution in [2.75, 3.05) is 5.32 Å². The number of hydrogen-bond donors (Lipinski definition) is 2. The van der Waals surface area contributed by atoms with Crippen LogP contribution in [0.2, 0.25) is 0 Å². The smallest absolute Gasteiger partial charge is 0.354 e. The van der Waals surface area contributed by atoms with Crippen LogP contribution in [0.15, 0.2) is 18.2 Å². The summed E-state index contributed by atoms with van der Waals surface area (Å²) in [5.41, 5.74) is -0.585. The standard InChI is InChI=1S/C12H16N2O3/c1-4-12(2,3)11(17)14-9-7-5-6-8(13-9)10(15)16/h5-7H,4H2,1-3H3,(H,15,16)(H,13,14,17). The highest BCUT2D eigenvalue weighted by Crippen LogP contribution is 2.21. The Balaban J connectivity index is 2.86. The Kier molecular flexibility index (Phi) is 3.83. The maximum atomic E-state index is 11.8. The SMILES string of the molecule is CCC(C)(C)C(=O)Nc1cccc(C(=O)O)n1. The molecule has 0 bridgehead atoms. The second-order valence-electron chi connectivity index (χ2n) is 4.40. The predicted molar refractivity (Wildman–Crippen MR) is 63.9 cm³/mol. The number of carboxylic acid groups (broad SMARTS) is 1. The van der Waals surface area contributed by atoms with Crippen LogP contribution in [0.4, 0.5) is 5.82 Å². The molecule has 0 unspecified atom stereocenters. The van der Waals surface area contributed by atoms with E-state index >= 15 is 0 Å². The zero-order valence-corrected chi connectivity index (χ0v) is 10.2. The van der Waals surface area contributed by atoms with E-state index in [9.17, 15) is 9.59 Å². The van der Waals surface area contributed by atoms with Crippen LogP contribution in [-0.2, 0) is 4.79 Å². The lowest BCUT2D eigenvalue weighted by molar-refractivity contribution is -0.124. The number of aromatic carboxylic acids is 1. The van der Waals surface area contributed by atoms with E-state index in [1.54, 1.807) is 12.1 Å². The summed E-state index contributed by atoms with van der Waals surface area (Å²) < 4.78 is 0. The minimum absolute atomic E-state index is 0.0860. The van der Waals surface area contributed by atoms with Gasteiger partial charge in [-0.15, -0.1) is 0 Å². The van der Waals surface area contributed by atoms with Crippen LogP contribution in [0.3, 0.4) is 0 Å². The first-order valence-electron chi connectivity index (χ1n) is 5.38. The molecule has 0 aliphatic carbocycles. The number of nitrogens with one attached hydrogen (secondary N) is 1. The lowest BCUT2D eigenvalue weighted by Crippen LogP contribution is -2.30. The zero-order valence-electron chi connectivity index (χ0n) is 10.2. The highest BCUT2D eigenvalue weighted by atomic mass is 16.4. The van der Waals surface area contributed by atoms with Crippen LogP contribution < -0.4 is 5.32 Å². The predicted octanol–water partition coefficient (Wildman–Crippen LogP) is 2.15. The van der Waals surface area contributed by atoms with E-state index in [0.29, 0.717) is 6.42 Å². The van der Waals surface area contributed by atoms with E-state index in [1.807, 2.05) is 20.8 Å². The lowest BCUT2D eigenvalue weighted by Gasteiger charge is -2.21. The van der Waals surface area contributed by atoms with Gasteiger partial charge in [-0.3, -0.25) is 4.79 Å². The number of amides is 1. The van der Waals surface area contributed by atoms with Crippen LogP contribution in [0.5, 0.6) is 0 Å². The van der Waals surface area contributed by atoms with Crippen molar-refractivity contribution in [1.29, 1.82) is 0 Å². The number of pyridine rings is 1. The Labute approximate surface area is 99.9 Å². The Hall–Kier alpha value is -1.91. The third kappa shape index (κ3) is 3.27. The first kappa shape index (κ1) is 13.2. The summed E-state index contributed by atoms with van der Waals surface area (Å²) in [5.74, 6) is -1.03. The van der Waals surface area contributed by atoms with Crippen molar-refractivity contribution in [1.82, 2.24) is 4.98 Å². The van der Waals surface area contributed by atoms with Gasteiger partial charge in [0, 0.05) is 5.41 Å². The quantitative estimate of drug-likeness (QED) is 0.839. The number of aromatic nitrogens is 1. The van der Waals surface area contributed by atoms with Gasteiger partial charge in [-0.05, 0) is 18.6 Å². The third-order valence-electron chi connectivity index (χ3n) is 2.71. The maximum Gasteiger partial charge on any atom is 0.354 e. The number of rotatable bonds is 4. The number of carbonyl (C=O) groups is 2. The number of hydrogen-bond acceptors (Lipinski definition) is 3. The van der Waals surface area contributed by atoms with E-state index in [-0.39, 0.29) is 17.4 Å². The summed E-state index contributed by atoms with van der Waals surface area (Å²) in [7, 11) is 0. The largest absolute Gasteiger partial charge is 0.477 e. The van der Waals surface area contributed by atoms with E-state index in [2.05, 4.69) is 10.3 Å². The summed E-state index contributed by atoms with van der Waals surface area (Å²) in [5, 5.41) is 11.4. The number of carboxylic acids is 1. The van der Waals surface area contributed by atoms with Gasteiger partial charge in [0.15, 0.2) is 5.69 Å². The Morgan fingerprint density at radius 1 is 1.41 bits per heavy atom. The second-order valence-corrected chi connectivity index (χ2v) is 4.40. The maximum absolute atomic E-state index is 11.8. The molecule has 0 atom stereocenters. The molecule has 92 valence electrons. The summed E-state index contributed by atoms with van der Waals surface area (Å²) >= 11 is 0. The molecular formula is C12H16N2O3. The third-order valence-corrected chi connectivity index (χ3v) is 2.71. The van der Waals surface area contributed by atoms with Crippen LogP contribution in [-0.4, -0.2) is 22.0 Å². The Bertz CT molecular complexity index is 441. The van der Waals surface area contributed by atoms with Gasteiger partial charge in [-0.1, -0.05) is 26.8 Å². The Morgan fingerprint density at radius 2 is 2.06 bits per heavy atom. The molecule has 17 heavy (non-hydrogen) atoms. The highest BCUT2D eigenvalue weighted by Gasteiger charge is 2.25. The van der Waals surface area contributed by atoms with Gasteiger partial charge in [-0.2, -0.15) is 0 Å². The first-order chi connectivity index (χ1) is 7.86. The molecule has 1 rings (SSSR count). The average Bonchev–Trinajstić information content (AvgIpc) is 2.29. The average molecular weight is 236 g/mol. The highest BCUT2D eigenvalue weighted by molar-refractivity contribution is 5.94. The number of anilines is 1. The van der Waals surface area contributed by atoms with Gasteiger partial charge < -0.3 is 10.4 Å². The molecule has 5 nitrogen and oxygen atoms in total. The topological polar surface area (TPSA) is 79.3 Å². The molecule has 1 amide bonds. The summed E-state index contributed by atoms with van der Waals surface area (Å²) in [6.07, 6.45) is 0.692. The normalized spacial score (nSPS) is 11.0. The lowest BCUT2D eigenvalue weighted by atomic mass is 9.89. The molecule has 0 saturated carbocycles. The molecule has 5 heteroatoms. The first-order valence-corrected chi connectivity index (χ1v) is 5.38. The van der Waals surface area contributed by atoms with Gasteiger partial charge in [0.2, 0.25) is 5.91 Å². The van der Waals surface area contributed by atoms with Gasteiger partial charge in [0.1, 0.15) is 5.82 Å². The molecule has 1 heterocycles. The fourth-order valence-electron chi connectivity index (χ4n) is 1.07. The Morgan fingerprint density at radius 3 is 2.59 bits per heavy atom. The van der Waals surface area contributed by atoms with E-state index in [1.165, 1.54) is 6.07 Å². The van der Waals surface area contributed by atoms with Crippen LogP contribution in [0.25, 0.3) is 0 Å². The zero-order chi connectivity index (χ0) is 13.1. The van der Waals surface area contributed by atoms with Crippen molar-refractivity contribution >= 4 is 17.7 Å². The molecule has 1 aromatic heterocycles. The molecule has 1 aromatic rings. The van der Waals surface area contributed by atoms with Gasteiger partial charge in [0.05, 0.1) is 0 Å². The minimum Gasteiger partial charge on any atom is -0.477 e. The van der Waals surface area contributed by atoms with Crippen LogP contribution in [0.1, 0.15) is 37.7 Å². The van der Waals surface area contributed by atoms with Gasteiger partial charge in [0.25, 0.3) is 0 Å². The number of nitrogens with zero attached hydrogens (tertiary/aromatic N) is 1. The van der Waals surface area contributed by atoms with Gasteiger partial charge >= 0.3 is 5.97 Å². The molecule has 0 saturated heterocycles. The van der Waals surface area contributed by atoms with Crippen LogP contribution >= 0.6 is 0 Å². The van der Waals surface area contributed by atoms with Crippen molar-refractivity contribution < 1.29 is 14.7 Å². The van der Waals surface area contributed by atoms with E-state index < -0.39 is 11.4 Å². The van der Waals surface area contributed by atoms with Crippen molar-refractivity contribution in [3.05, 3.63) is 23.9 Å². The second kappa shape index (κ2) is 4.95. The molecule has 0 fully saturated rings. The summed E-state index contributed by atoms with van der Waals surface area (Å²) in [4.78, 5) is 26.4. The fraction of sp³-hybridized carbons (Fsp3) is 0.417. The molecule has 0 spiro atoms. The molecule has 0 aromatic carbocycles. The molecule has 0 aliphatic heterocycles. The molecular weight excluding hydrogens is 220 g/mol. The number of carbonyl (C=O) groups excluding carboxylic acids is 1. The van der Waals surface area contributed by atoms with Crippen LogP contribution in [0, 0.1) is 5.41 Å². The van der Waals surface area contributed by atoms with Gasteiger partial charge in [-0.25, -0.2) is 9.78 Å². The molecule has 0 radical (unpaired) electrons. The molecule has 2 N–H and O–H groups in total. The fourth-order valence-corrected chi connectivity index (χ4v) is 1.07. The van der Waals surface area contributed by atoms with E-state index in [4.69, 9.17) is 5.11 Å². The monoisotopic (exact) mass is 236 g/mol. The van der Waals surface area contributed by atoms with Crippen molar-refractivity contribution in [2.24, 2.45) is 5.41 Å². The minimum atomic E-state index is -1.11. The van der Waals surface area contributed by atoms with Crippen molar-refractivity contribution in [3.8, 4) is 0 Å². The summed E-state index contributed by atoms with van der Waals surface area (Å²) in [6, 6.07) is 4.49.